The zero-order valence-electron chi connectivity index (χ0n) is 61.0. The summed E-state index contributed by atoms with van der Waals surface area (Å²) in [4.78, 5) is 38.1. The summed E-state index contributed by atoms with van der Waals surface area (Å²) in [6, 6.07) is 0. The van der Waals surface area contributed by atoms with Crippen LogP contribution in [-0.2, 0) is 32.7 Å². The van der Waals surface area contributed by atoms with Crippen LogP contribution in [0.4, 0.5) is 0 Å². The normalized spacial score (nSPS) is 13.6. The number of ether oxygens (including phenoxy) is 2. The Labute approximate surface area is 570 Å². The molecule has 2 unspecified atom stereocenters. The van der Waals surface area contributed by atoms with Crippen molar-refractivity contribution in [3.8, 4) is 0 Å². The molecule has 9 nitrogen and oxygen atoms in total. The second-order valence-electron chi connectivity index (χ2n) is 27.4. The van der Waals surface area contributed by atoms with Crippen LogP contribution >= 0.6 is 7.82 Å². The van der Waals surface area contributed by atoms with Crippen LogP contribution in [0.5, 0.6) is 0 Å². The molecule has 92 heavy (non-hydrogen) atoms. The van der Waals surface area contributed by atoms with Gasteiger partial charge in [-0.3, -0.25) is 14.2 Å². The predicted octanol–water partition coefficient (Wildman–Crippen LogP) is 25.2. The monoisotopic (exact) mass is 1310 g/mol. The summed E-state index contributed by atoms with van der Waals surface area (Å²) in [6.07, 6.45) is 101. The van der Waals surface area contributed by atoms with Gasteiger partial charge >= 0.3 is 11.9 Å². The lowest BCUT2D eigenvalue weighted by atomic mass is 10.0. The molecule has 0 amide bonds. The van der Waals surface area contributed by atoms with Gasteiger partial charge in [-0.2, -0.15) is 0 Å². The second kappa shape index (κ2) is 72.2. The first kappa shape index (κ1) is 88.9. The van der Waals surface area contributed by atoms with Crippen molar-refractivity contribution in [3.05, 3.63) is 97.2 Å². The molecule has 0 aromatic heterocycles. The molecule has 0 bridgehead atoms. The van der Waals surface area contributed by atoms with Gasteiger partial charge in [0.25, 0.3) is 7.82 Å². The molecule has 0 saturated heterocycles. The summed E-state index contributed by atoms with van der Waals surface area (Å²) < 4.78 is 34.3. The van der Waals surface area contributed by atoms with Gasteiger partial charge in [0.15, 0.2) is 6.10 Å². The van der Waals surface area contributed by atoms with Crippen LogP contribution in [0.15, 0.2) is 97.2 Å². The number of quaternary nitrogens is 1. The maximum absolute atomic E-state index is 12.9. The van der Waals surface area contributed by atoms with E-state index in [1.54, 1.807) is 0 Å². The number of carbonyl (C=O) groups is 2. The van der Waals surface area contributed by atoms with Crippen molar-refractivity contribution in [3.63, 3.8) is 0 Å². The van der Waals surface area contributed by atoms with Crippen molar-refractivity contribution < 1.29 is 42.1 Å². The number of nitrogens with zero attached hydrogens (tertiary/aromatic N) is 1. The molecule has 0 aromatic rings. The Morgan fingerprint density at radius 2 is 0.620 bits per heavy atom. The fourth-order valence-corrected chi connectivity index (χ4v) is 11.9. The number of hydrogen-bond acceptors (Lipinski definition) is 8. The van der Waals surface area contributed by atoms with E-state index >= 15 is 0 Å². The van der Waals surface area contributed by atoms with E-state index in [0.29, 0.717) is 17.4 Å². The van der Waals surface area contributed by atoms with Crippen LogP contribution in [0.25, 0.3) is 0 Å². The first-order valence-corrected chi connectivity index (χ1v) is 40.4. The number of esters is 2. The molecule has 0 fully saturated rings. The molecule has 0 aromatic carbocycles. The Bertz CT molecular complexity index is 1880. The van der Waals surface area contributed by atoms with Crippen LogP contribution < -0.4 is 4.89 Å². The van der Waals surface area contributed by atoms with Crippen molar-refractivity contribution in [1.29, 1.82) is 0 Å². The van der Waals surface area contributed by atoms with Gasteiger partial charge in [-0.1, -0.05) is 368 Å². The van der Waals surface area contributed by atoms with Crippen LogP contribution in [0.3, 0.4) is 0 Å². The van der Waals surface area contributed by atoms with E-state index in [1.807, 2.05) is 21.1 Å². The number of phosphoric ester groups is 1. The number of phosphoric acid groups is 1. The van der Waals surface area contributed by atoms with Crippen LogP contribution in [0, 0.1) is 0 Å². The average molecular weight is 1310 g/mol. The fraction of sp³-hybridized carbons (Fsp3) is 0.780. The summed E-state index contributed by atoms with van der Waals surface area (Å²) in [7, 11) is 1.15. The molecule has 0 aliphatic carbocycles. The quantitative estimate of drug-likeness (QED) is 0.0195. The predicted molar refractivity (Wildman–Crippen MR) is 397 cm³/mol. The zero-order chi connectivity index (χ0) is 66.9. The third-order valence-electron chi connectivity index (χ3n) is 17.1. The summed E-state index contributed by atoms with van der Waals surface area (Å²) in [6.45, 7) is 4.14. The Morgan fingerprint density at radius 3 is 0.924 bits per heavy atom. The highest BCUT2D eigenvalue weighted by Crippen LogP contribution is 2.38. The van der Waals surface area contributed by atoms with Gasteiger partial charge in [0, 0.05) is 12.8 Å². The minimum absolute atomic E-state index is 0.0396. The van der Waals surface area contributed by atoms with E-state index in [-0.39, 0.29) is 32.0 Å². The molecule has 0 N–H and O–H groups in total. The summed E-state index contributed by atoms with van der Waals surface area (Å²) in [5, 5.41) is 0. The molecule has 0 aliphatic rings. The minimum Gasteiger partial charge on any atom is -0.756 e. The van der Waals surface area contributed by atoms with E-state index in [1.165, 1.54) is 231 Å². The lowest BCUT2D eigenvalue weighted by molar-refractivity contribution is -0.870. The molecule has 0 spiro atoms. The zero-order valence-corrected chi connectivity index (χ0v) is 61.9. The van der Waals surface area contributed by atoms with Gasteiger partial charge in [0.2, 0.25) is 0 Å². The Hall–Kier alpha value is -3.07. The summed E-state index contributed by atoms with van der Waals surface area (Å²) >= 11 is 0. The van der Waals surface area contributed by atoms with E-state index in [9.17, 15) is 19.0 Å². The lowest BCUT2D eigenvalue weighted by Crippen LogP contribution is -2.37. The highest BCUT2D eigenvalue weighted by molar-refractivity contribution is 7.45. The molecule has 0 rings (SSSR count). The third kappa shape index (κ3) is 76.0. The van der Waals surface area contributed by atoms with Gasteiger partial charge in [-0.25, -0.2) is 0 Å². The topological polar surface area (TPSA) is 111 Å². The molecule has 0 heterocycles. The van der Waals surface area contributed by atoms with Gasteiger partial charge in [0.1, 0.15) is 19.8 Å². The maximum Gasteiger partial charge on any atom is 0.306 e. The molecule has 0 radical (unpaired) electrons. The first-order chi connectivity index (χ1) is 45.0. The molecule has 10 heteroatoms. The van der Waals surface area contributed by atoms with Gasteiger partial charge in [-0.05, 0) is 77.0 Å². The van der Waals surface area contributed by atoms with Crippen LogP contribution in [-0.4, -0.2) is 70.0 Å². The highest BCUT2D eigenvalue weighted by Gasteiger charge is 2.22. The number of carbonyl (C=O) groups excluding carboxylic acids is 2. The summed E-state index contributed by atoms with van der Waals surface area (Å²) in [5.41, 5.74) is 0. The van der Waals surface area contributed by atoms with Crippen LogP contribution in [0.2, 0.25) is 0 Å². The number of rotatable bonds is 72. The van der Waals surface area contributed by atoms with Crippen molar-refractivity contribution in [2.45, 2.75) is 367 Å². The average Bonchev–Trinajstić information content (AvgIpc) is 2.14. The molecular weight excluding hydrogens is 1160 g/mol. The first-order valence-electron chi connectivity index (χ1n) is 38.9. The van der Waals surface area contributed by atoms with E-state index in [0.717, 1.165) is 96.3 Å². The Morgan fingerprint density at radius 1 is 0.348 bits per heavy atom. The van der Waals surface area contributed by atoms with E-state index in [2.05, 4.69) is 111 Å². The number of hydrogen-bond donors (Lipinski definition) is 0. The number of allylic oxidation sites excluding steroid dienone is 16. The standard InChI is InChI=1S/C82H148NO8P/c1-6-8-10-12-14-16-18-20-22-24-26-28-30-32-34-36-37-38-39-40-41-42-43-44-45-47-48-50-52-54-56-58-60-62-64-66-68-70-72-74-81(84)88-78-80(79-90-92(86,87)89-77-76-83(3,4)5)91-82(85)75-73-71-69-67-65-63-61-59-57-55-53-51-49-46-35-33-31-29-27-25-23-21-19-17-15-13-11-9-7-2/h9,11,15,17,21,23,27,29,33,35,49,51,55,57,61,63,80H,6-8,10,12-14,16,18-20,22,24-26,28,30-32,34,36-48,50,52-54,56,58-60,62,64-79H2,1-5H3/b11-9-,17-15-,23-21-,29-27-,35-33-,51-49-,57-55-,63-61-. The van der Waals surface area contributed by atoms with Gasteiger partial charge in [0.05, 0.1) is 27.7 Å². The van der Waals surface area contributed by atoms with Crippen molar-refractivity contribution in [2.24, 2.45) is 0 Å². The number of unbranched alkanes of at least 4 members (excludes halogenated alkanes) is 42. The van der Waals surface area contributed by atoms with Crippen molar-refractivity contribution >= 4 is 19.8 Å². The Balaban J connectivity index is 3.98. The minimum atomic E-state index is -4.66. The lowest BCUT2D eigenvalue weighted by Gasteiger charge is -2.28. The SMILES string of the molecule is CC/C=C\C/C=C\C/C=C\C/C=C\C/C=C\C/C=C\C/C=C\C/C=C\CCCCCCC(=O)OC(COC(=O)CCCCCCCCCCCCCCCCCCCCCCCCCCCCCCCCCCCCCCCCC)COP(=O)([O-])OCC[N+](C)(C)C. The smallest absolute Gasteiger partial charge is 0.306 e. The van der Waals surface area contributed by atoms with Gasteiger partial charge < -0.3 is 27.9 Å². The van der Waals surface area contributed by atoms with Crippen molar-refractivity contribution in [1.82, 2.24) is 0 Å². The molecule has 0 saturated carbocycles. The number of likely N-dealkylation sites (N-methyl/N-ethyl adjacent to an activating group) is 1. The Kier molecular flexibility index (Phi) is 69.8. The molecule has 2 atom stereocenters. The highest BCUT2D eigenvalue weighted by atomic mass is 31.2. The van der Waals surface area contributed by atoms with Gasteiger partial charge in [-0.15, -0.1) is 0 Å². The van der Waals surface area contributed by atoms with Crippen LogP contribution in [0.1, 0.15) is 361 Å². The third-order valence-corrected chi connectivity index (χ3v) is 18.1. The van der Waals surface area contributed by atoms with E-state index in [4.69, 9.17) is 18.5 Å². The fourth-order valence-electron chi connectivity index (χ4n) is 11.2. The maximum atomic E-state index is 12.9. The molecular formula is C82H148NO8P. The molecule has 0 aliphatic heterocycles. The second-order valence-corrected chi connectivity index (χ2v) is 28.8. The van der Waals surface area contributed by atoms with Crippen molar-refractivity contribution in [2.75, 3.05) is 47.5 Å². The largest absolute Gasteiger partial charge is 0.756 e. The summed E-state index contributed by atoms with van der Waals surface area (Å²) in [5.74, 6) is -0.854. The van der Waals surface area contributed by atoms with E-state index < -0.39 is 26.5 Å². The molecule has 534 valence electrons.